The zero-order valence-corrected chi connectivity index (χ0v) is 10.7. The Hall–Kier alpha value is -1.65. The molecule has 0 aliphatic rings. The molecule has 0 spiro atoms. The molecule has 19 heavy (non-hydrogen) atoms. The molecule has 0 heterocycles. The van der Waals surface area contributed by atoms with Crippen LogP contribution in [0.5, 0.6) is 5.75 Å². The average Bonchev–Trinajstić information content (AvgIpc) is 2.38. The van der Waals surface area contributed by atoms with E-state index in [4.69, 9.17) is 11.6 Å². The van der Waals surface area contributed by atoms with E-state index in [0.29, 0.717) is 18.7 Å². The van der Waals surface area contributed by atoms with Gasteiger partial charge >= 0.3 is 0 Å². The van der Waals surface area contributed by atoms with Crippen LogP contribution in [-0.2, 0) is 13.1 Å². The predicted molar refractivity (Wildman–Crippen MR) is 70.0 cm³/mol. The second-order valence-electron chi connectivity index (χ2n) is 4.14. The van der Waals surface area contributed by atoms with Crippen LogP contribution in [0.15, 0.2) is 36.4 Å². The number of phenols is 1. The van der Waals surface area contributed by atoms with Gasteiger partial charge in [0.25, 0.3) is 0 Å². The van der Waals surface area contributed by atoms with Crippen LogP contribution in [0.25, 0.3) is 0 Å². The minimum atomic E-state index is -0.855. The van der Waals surface area contributed by atoms with Crippen molar-refractivity contribution in [3.63, 3.8) is 0 Å². The maximum absolute atomic E-state index is 13.0. The molecule has 0 saturated carbocycles. The summed E-state index contributed by atoms with van der Waals surface area (Å²) in [6.45, 7) is 0.925. The van der Waals surface area contributed by atoms with Crippen molar-refractivity contribution in [3.05, 3.63) is 64.2 Å². The number of hydrogen-bond donors (Lipinski definition) is 2. The van der Waals surface area contributed by atoms with E-state index in [1.807, 2.05) is 0 Å². The standard InChI is InChI=1S/C14H12ClF2NO/c15-11-5-9(2-4-14(11)19)7-18-8-10-1-3-12(16)13(17)6-10/h1-6,18-19H,7-8H2. The van der Waals surface area contributed by atoms with Gasteiger partial charge in [-0.25, -0.2) is 8.78 Å². The lowest BCUT2D eigenvalue weighted by Gasteiger charge is -2.06. The first-order valence-corrected chi connectivity index (χ1v) is 6.06. The SMILES string of the molecule is Oc1ccc(CNCc2ccc(F)c(F)c2)cc1Cl. The van der Waals surface area contributed by atoms with Gasteiger partial charge < -0.3 is 10.4 Å². The van der Waals surface area contributed by atoms with Crippen molar-refractivity contribution in [1.82, 2.24) is 5.32 Å². The van der Waals surface area contributed by atoms with Gasteiger partial charge in [0, 0.05) is 13.1 Å². The Kier molecular flexibility index (Phi) is 4.35. The second-order valence-corrected chi connectivity index (χ2v) is 4.54. The fourth-order valence-corrected chi connectivity index (χ4v) is 1.86. The Morgan fingerprint density at radius 1 is 0.947 bits per heavy atom. The number of nitrogens with one attached hydrogen (secondary N) is 1. The quantitative estimate of drug-likeness (QED) is 0.898. The number of hydrogen-bond acceptors (Lipinski definition) is 2. The van der Waals surface area contributed by atoms with Crippen LogP contribution in [0, 0.1) is 11.6 Å². The summed E-state index contributed by atoms with van der Waals surface area (Å²) in [6.07, 6.45) is 0. The molecule has 2 N–H and O–H groups in total. The first-order chi connectivity index (χ1) is 9.06. The molecule has 2 rings (SSSR count). The number of benzene rings is 2. The fraction of sp³-hybridized carbons (Fsp3) is 0.143. The highest BCUT2D eigenvalue weighted by Gasteiger charge is 2.03. The third kappa shape index (κ3) is 3.66. The van der Waals surface area contributed by atoms with Crippen molar-refractivity contribution in [2.45, 2.75) is 13.1 Å². The smallest absolute Gasteiger partial charge is 0.159 e. The summed E-state index contributed by atoms with van der Waals surface area (Å²) in [4.78, 5) is 0. The summed E-state index contributed by atoms with van der Waals surface area (Å²) >= 11 is 5.78. The molecule has 0 amide bonds. The molecule has 2 aromatic carbocycles. The highest BCUT2D eigenvalue weighted by atomic mass is 35.5. The van der Waals surface area contributed by atoms with Gasteiger partial charge in [-0.15, -0.1) is 0 Å². The molecule has 2 nitrogen and oxygen atoms in total. The van der Waals surface area contributed by atoms with Crippen molar-refractivity contribution in [2.24, 2.45) is 0 Å². The molecule has 2 aromatic rings. The summed E-state index contributed by atoms with van der Waals surface area (Å²) in [5.41, 5.74) is 1.55. The number of rotatable bonds is 4. The van der Waals surface area contributed by atoms with E-state index in [0.717, 1.165) is 17.7 Å². The number of phenolic OH excluding ortho intramolecular Hbond substituents is 1. The lowest BCUT2D eigenvalue weighted by Crippen LogP contribution is -2.12. The maximum Gasteiger partial charge on any atom is 0.159 e. The van der Waals surface area contributed by atoms with Gasteiger partial charge in [-0.1, -0.05) is 23.7 Å². The third-order valence-electron chi connectivity index (χ3n) is 2.65. The first kappa shape index (κ1) is 13.8. The number of aromatic hydroxyl groups is 1. The highest BCUT2D eigenvalue weighted by Crippen LogP contribution is 2.23. The van der Waals surface area contributed by atoms with Gasteiger partial charge in [0.15, 0.2) is 11.6 Å². The molecule has 0 saturated heterocycles. The molecular weight excluding hydrogens is 272 g/mol. The summed E-state index contributed by atoms with van der Waals surface area (Å²) in [5.74, 6) is -1.67. The third-order valence-corrected chi connectivity index (χ3v) is 2.96. The minimum Gasteiger partial charge on any atom is -0.506 e. The monoisotopic (exact) mass is 283 g/mol. The Morgan fingerprint density at radius 3 is 2.21 bits per heavy atom. The maximum atomic E-state index is 13.0. The molecule has 0 aromatic heterocycles. The van der Waals surface area contributed by atoms with Crippen molar-refractivity contribution >= 4 is 11.6 Å². The van der Waals surface area contributed by atoms with Crippen LogP contribution in [-0.4, -0.2) is 5.11 Å². The molecule has 0 bridgehead atoms. The van der Waals surface area contributed by atoms with Gasteiger partial charge in [0.2, 0.25) is 0 Å². The fourth-order valence-electron chi connectivity index (χ4n) is 1.66. The van der Waals surface area contributed by atoms with E-state index in [1.165, 1.54) is 12.1 Å². The molecule has 0 atom stereocenters. The largest absolute Gasteiger partial charge is 0.506 e. The molecule has 0 aliphatic carbocycles. The van der Waals surface area contributed by atoms with Crippen molar-refractivity contribution < 1.29 is 13.9 Å². The van der Waals surface area contributed by atoms with E-state index < -0.39 is 11.6 Å². The van der Waals surface area contributed by atoms with Crippen LogP contribution < -0.4 is 5.32 Å². The summed E-state index contributed by atoms with van der Waals surface area (Å²) in [6, 6.07) is 8.68. The Morgan fingerprint density at radius 2 is 1.58 bits per heavy atom. The van der Waals surface area contributed by atoms with Crippen molar-refractivity contribution in [3.8, 4) is 5.75 Å². The summed E-state index contributed by atoms with van der Waals surface area (Å²) in [5, 5.41) is 12.6. The van der Waals surface area contributed by atoms with Crippen LogP contribution in [0.1, 0.15) is 11.1 Å². The van der Waals surface area contributed by atoms with E-state index in [2.05, 4.69) is 5.32 Å². The van der Waals surface area contributed by atoms with E-state index >= 15 is 0 Å². The Bertz CT molecular complexity index is 538. The lowest BCUT2D eigenvalue weighted by atomic mass is 10.2. The van der Waals surface area contributed by atoms with Gasteiger partial charge in [0.1, 0.15) is 5.75 Å². The van der Waals surface area contributed by atoms with Crippen molar-refractivity contribution in [2.75, 3.05) is 0 Å². The zero-order valence-electron chi connectivity index (χ0n) is 9.96. The Labute approximate surface area is 114 Å². The predicted octanol–water partition coefficient (Wildman–Crippen LogP) is 3.61. The van der Waals surface area contributed by atoms with E-state index in [-0.39, 0.29) is 10.8 Å². The van der Waals surface area contributed by atoms with Gasteiger partial charge in [-0.05, 0) is 35.4 Å². The molecule has 0 unspecified atom stereocenters. The summed E-state index contributed by atoms with van der Waals surface area (Å²) in [7, 11) is 0. The zero-order chi connectivity index (χ0) is 13.8. The number of halogens is 3. The lowest BCUT2D eigenvalue weighted by molar-refractivity contribution is 0.475. The van der Waals surface area contributed by atoms with Crippen LogP contribution in [0.3, 0.4) is 0 Å². The van der Waals surface area contributed by atoms with Gasteiger partial charge in [0.05, 0.1) is 5.02 Å². The Balaban J connectivity index is 1.92. The molecular formula is C14H12ClF2NO. The molecule has 5 heteroatoms. The van der Waals surface area contributed by atoms with E-state index in [1.54, 1.807) is 12.1 Å². The molecule has 0 aliphatic heterocycles. The molecule has 0 radical (unpaired) electrons. The minimum absolute atomic E-state index is 0.0334. The van der Waals surface area contributed by atoms with E-state index in [9.17, 15) is 13.9 Å². The first-order valence-electron chi connectivity index (χ1n) is 5.68. The molecule has 0 fully saturated rings. The van der Waals surface area contributed by atoms with Crippen LogP contribution in [0.4, 0.5) is 8.78 Å². The van der Waals surface area contributed by atoms with Crippen molar-refractivity contribution in [1.29, 1.82) is 0 Å². The second kappa shape index (κ2) is 5.99. The normalized spacial score (nSPS) is 10.7. The highest BCUT2D eigenvalue weighted by molar-refractivity contribution is 6.32. The van der Waals surface area contributed by atoms with Gasteiger partial charge in [-0.2, -0.15) is 0 Å². The average molecular weight is 284 g/mol. The van der Waals surface area contributed by atoms with Crippen LogP contribution >= 0.6 is 11.6 Å². The topological polar surface area (TPSA) is 32.3 Å². The summed E-state index contributed by atoms with van der Waals surface area (Å²) < 4.78 is 25.7. The molecule has 100 valence electrons. The van der Waals surface area contributed by atoms with Gasteiger partial charge in [-0.3, -0.25) is 0 Å². The van der Waals surface area contributed by atoms with Crippen LogP contribution in [0.2, 0.25) is 5.02 Å².